The molecule has 0 aliphatic heterocycles. The first kappa shape index (κ1) is 17.5. The van der Waals surface area contributed by atoms with Gasteiger partial charge in [0.15, 0.2) is 5.78 Å². The van der Waals surface area contributed by atoms with E-state index in [-0.39, 0.29) is 30.7 Å². The van der Waals surface area contributed by atoms with Gasteiger partial charge in [0, 0.05) is 0 Å². The van der Waals surface area contributed by atoms with E-state index in [1.165, 1.54) is 6.92 Å². The molecule has 0 bridgehead atoms. The Morgan fingerprint density at radius 3 is 2.32 bits per heavy atom. The second-order valence-electron chi connectivity index (χ2n) is 4.32. The largest absolute Gasteiger partial charge is 0.346 e. The summed E-state index contributed by atoms with van der Waals surface area (Å²) < 4.78 is 0. The number of carbonyl (C=O) groups excluding carboxylic acids is 3. The minimum atomic E-state index is -0.500. The molecule has 0 saturated heterocycles. The van der Waals surface area contributed by atoms with Gasteiger partial charge in [-0.25, -0.2) is 0 Å². The lowest BCUT2D eigenvalue weighted by atomic mass is 10.1. The summed E-state index contributed by atoms with van der Waals surface area (Å²) in [5.74, 6) is -0.718. The second kappa shape index (κ2) is 10.5. The number of carbonyl (C=O) groups is 3. The molecule has 0 fully saturated rings. The third-order valence-corrected chi connectivity index (χ3v) is 2.56. The Morgan fingerprint density at radius 2 is 1.79 bits per heavy atom. The van der Waals surface area contributed by atoms with Crippen molar-refractivity contribution in [3.05, 3.63) is 0 Å². The van der Waals surface area contributed by atoms with Crippen molar-refractivity contribution in [3.63, 3.8) is 0 Å². The van der Waals surface area contributed by atoms with Crippen LogP contribution >= 0.6 is 0 Å². The predicted octanol–water partition coefficient (Wildman–Crippen LogP) is -1.48. The zero-order chi connectivity index (χ0) is 14.7. The molecule has 0 unspecified atom stereocenters. The molecule has 0 spiro atoms. The highest BCUT2D eigenvalue weighted by Gasteiger charge is 2.16. The van der Waals surface area contributed by atoms with Crippen LogP contribution in [0.1, 0.15) is 26.2 Å². The molecule has 7 nitrogen and oxygen atoms in total. The first-order chi connectivity index (χ1) is 9.01. The van der Waals surface area contributed by atoms with Gasteiger partial charge in [-0.3, -0.25) is 14.4 Å². The fraction of sp³-hybridized carbons (Fsp3) is 0.750. The van der Waals surface area contributed by atoms with Gasteiger partial charge in [0.05, 0.1) is 19.1 Å². The molecule has 7 heteroatoms. The standard InChI is InChI=1S/C12H24N4O3/c1-9(17)10(5-3-4-6-13)16-12(19)8-15-11(18)7-14-2/h10,14H,3-8,13H2,1-2H3,(H,15,18)(H,16,19)/t10-/m0/s1. The summed E-state index contributed by atoms with van der Waals surface area (Å²) in [6, 6.07) is -0.500. The lowest BCUT2D eigenvalue weighted by Crippen LogP contribution is -2.46. The number of unbranched alkanes of at least 4 members (excludes halogenated alkanes) is 1. The third-order valence-electron chi connectivity index (χ3n) is 2.56. The summed E-state index contributed by atoms with van der Waals surface area (Å²) in [6.07, 6.45) is 2.18. The molecule has 110 valence electrons. The van der Waals surface area contributed by atoms with Crippen molar-refractivity contribution in [2.24, 2.45) is 5.73 Å². The van der Waals surface area contributed by atoms with Crippen LogP contribution in [-0.4, -0.2) is 50.3 Å². The lowest BCUT2D eigenvalue weighted by molar-refractivity contribution is -0.128. The minimum absolute atomic E-state index is 0.0908. The van der Waals surface area contributed by atoms with E-state index in [0.29, 0.717) is 13.0 Å². The number of hydrogen-bond acceptors (Lipinski definition) is 5. The van der Waals surface area contributed by atoms with Crippen LogP contribution < -0.4 is 21.7 Å². The first-order valence-electron chi connectivity index (χ1n) is 6.42. The van der Waals surface area contributed by atoms with E-state index in [0.717, 1.165) is 12.8 Å². The highest BCUT2D eigenvalue weighted by molar-refractivity contribution is 5.90. The van der Waals surface area contributed by atoms with Crippen LogP contribution in [0.3, 0.4) is 0 Å². The van der Waals surface area contributed by atoms with Crippen LogP contribution in [-0.2, 0) is 14.4 Å². The summed E-state index contributed by atoms with van der Waals surface area (Å²) in [4.78, 5) is 34.1. The summed E-state index contributed by atoms with van der Waals surface area (Å²) >= 11 is 0. The molecule has 0 saturated carbocycles. The zero-order valence-corrected chi connectivity index (χ0v) is 11.6. The van der Waals surface area contributed by atoms with Gasteiger partial charge in [0.25, 0.3) is 0 Å². The van der Waals surface area contributed by atoms with Gasteiger partial charge < -0.3 is 21.7 Å². The SMILES string of the molecule is CNCC(=O)NCC(=O)N[C@@H](CCCCN)C(C)=O. The van der Waals surface area contributed by atoms with E-state index < -0.39 is 6.04 Å². The van der Waals surface area contributed by atoms with E-state index >= 15 is 0 Å². The van der Waals surface area contributed by atoms with Crippen molar-refractivity contribution in [3.8, 4) is 0 Å². The molecular weight excluding hydrogens is 248 g/mol. The molecule has 2 amide bonds. The van der Waals surface area contributed by atoms with Crippen LogP contribution in [0.5, 0.6) is 0 Å². The first-order valence-corrected chi connectivity index (χ1v) is 6.42. The van der Waals surface area contributed by atoms with Gasteiger partial charge in [-0.05, 0) is 39.8 Å². The monoisotopic (exact) mass is 272 g/mol. The maximum atomic E-state index is 11.6. The van der Waals surface area contributed by atoms with E-state index in [1.807, 2.05) is 0 Å². The van der Waals surface area contributed by atoms with Crippen molar-refractivity contribution in [2.75, 3.05) is 26.7 Å². The molecule has 0 radical (unpaired) electrons. The minimum Gasteiger partial charge on any atom is -0.346 e. The number of hydrogen-bond donors (Lipinski definition) is 4. The zero-order valence-electron chi connectivity index (χ0n) is 11.6. The summed E-state index contributed by atoms with van der Waals surface area (Å²) in [5, 5.41) is 7.73. The van der Waals surface area contributed by atoms with Crippen LogP contribution in [0.25, 0.3) is 0 Å². The summed E-state index contributed by atoms with van der Waals surface area (Å²) in [5.41, 5.74) is 5.38. The molecular formula is C12H24N4O3. The average Bonchev–Trinajstić information content (AvgIpc) is 2.35. The lowest BCUT2D eigenvalue weighted by Gasteiger charge is -2.16. The van der Waals surface area contributed by atoms with Crippen molar-refractivity contribution in [2.45, 2.75) is 32.2 Å². The van der Waals surface area contributed by atoms with Crippen LogP contribution in [0, 0.1) is 0 Å². The predicted molar refractivity (Wildman–Crippen MR) is 72.5 cm³/mol. The maximum absolute atomic E-state index is 11.6. The molecule has 19 heavy (non-hydrogen) atoms. The van der Waals surface area contributed by atoms with Crippen LogP contribution in [0.15, 0.2) is 0 Å². The van der Waals surface area contributed by atoms with E-state index in [9.17, 15) is 14.4 Å². The molecule has 0 aromatic rings. The molecule has 0 aliphatic carbocycles. The highest BCUT2D eigenvalue weighted by atomic mass is 16.2. The maximum Gasteiger partial charge on any atom is 0.239 e. The Kier molecular flexibility index (Phi) is 9.64. The Balaban J connectivity index is 4.02. The van der Waals surface area contributed by atoms with Crippen molar-refractivity contribution in [1.82, 2.24) is 16.0 Å². The number of rotatable bonds is 10. The third kappa shape index (κ3) is 9.15. The highest BCUT2D eigenvalue weighted by Crippen LogP contribution is 2.01. The molecule has 0 aliphatic rings. The van der Waals surface area contributed by atoms with Gasteiger partial charge in [-0.2, -0.15) is 0 Å². The Labute approximate surface area is 113 Å². The van der Waals surface area contributed by atoms with E-state index in [4.69, 9.17) is 5.73 Å². The summed E-state index contributed by atoms with van der Waals surface area (Å²) in [7, 11) is 1.64. The Hall–Kier alpha value is -1.47. The van der Waals surface area contributed by atoms with E-state index in [2.05, 4.69) is 16.0 Å². The fourth-order valence-electron chi connectivity index (χ4n) is 1.52. The molecule has 0 heterocycles. The molecule has 0 aromatic carbocycles. The van der Waals surface area contributed by atoms with Gasteiger partial charge in [0.1, 0.15) is 0 Å². The number of ketones is 1. The molecule has 5 N–H and O–H groups in total. The Bertz CT molecular complexity index is 307. The van der Waals surface area contributed by atoms with Crippen molar-refractivity contribution >= 4 is 17.6 Å². The summed E-state index contributed by atoms with van der Waals surface area (Å²) in [6.45, 7) is 2.03. The normalized spacial score (nSPS) is 11.7. The molecule has 0 rings (SSSR count). The molecule has 1 atom stereocenters. The number of Topliss-reactive ketones (excluding diaryl/α,β-unsaturated/α-hetero) is 1. The smallest absolute Gasteiger partial charge is 0.239 e. The van der Waals surface area contributed by atoms with Gasteiger partial charge in [0.2, 0.25) is 11.8 Å². The van der Waals surface area contributed by atoms with Gasteiger partial charge in [-0.15, -0.1) is 0 Å². The number of nitrogens with two attached hydrogens (primary N) is 1. The van der Waals surface area contributed by atoms with Gasteiger partial charge in [-0.1, -0.05) is 0 Å². The van der Waals surface area contributed by atoms with Crippen LogP contribution in [0.4, 0.5) is 0 Å². The topological polar surface area (TPSA) is 113 Å². The van der Waals surface area contributed by atoms with Gasteiger partial charge >= 0.3 is 0 Å². The van der Waals surface area contributed by atoms with Crippen molar-refractivity contribution < 1.29 is 14.4 Å². The van der Waals surface area contributed by atoms with E-state index in [1.54, 1.807) is 7.05 Å². The Morgan fingerprint density at radius 1 is 1.11 bits per heavy atom. The van der Waals surface area contributed by atoms with Crippen molar-refractivity contribution in [1.29, 1.82) is 0 Å². The number of likely N-dealkylation sites (N-methyl/N-ethyl adjacent to an activating group) is 1. The number of nitrogens with one attached hydrogen (secondary N) is 3. The fourth-order valence-corrected chi connectivity index (χ4v) is 1.52. The molecule has 0 aromatic heterocycles. The second-order valence-corrected chi connectivity index (χ2v) is 4.32. The number of amides is 2. The average molecular weight is 272 g/mol. The quantitative estimate of drug-likeness (QED) is 0.362. The van der Waals surface area contributed by atoms with Crippen LogP contribution in [0.2, 0.25) is 0 Å².